The minimum Gasteiger partial charge on any atom is -0.480 e. The Morgan fingerprint density at radius 2 is 1.60 bits per heavy atom. The van der Waals surface area contributed by atoms with E-state index in [-0.39, 0.29) is 18.1 Å². The van der Waals surface area contributed by atoms with Crippen molar-refractivity contribution in [2.45, 2.75) is 52.7 Å². The Bertz CT molecular complexity index is 1700. The van der Waals surface area contributed by atoms with Gasteiger partial charge in [0.15, 0.2) is 5.78 Å². The number of ketones is 1. The number of nitrogens with zero attached hydrogens (tertiary/aromatic N) is 2. The molecule has 3 aromatic carbocycles. The Morgan fingerprint density at radius 1 is 0.930 bits per heavy atom. The fraction of sp³-hybridized carbons (Fsp3) is 0.265. The van der Waals surface area contributed by atoms with Gasteiger partial charge in [-0.2, -0.15) is 0 Å². The summed E-state index contributed by atoms with van der Waals surface area (Å²) in [5.41, 5.74) is 2.61. The molecule has 1 atom stereocenters. The number of rotatable bonds is 9. The van der Waals surface area contributed by atoms with E-state index in [0.29, 0.717) is 27.9 Å². The molecule has 1 unspecified atom stereocenters. The summed E-state index contributed by atoms with van der Waals surface area (Å²) in [7, 11) is 1.42. The largest absolute Gasteiger partial charge is 0.480 e. The zero-order chi connectivity index (χ0) is 31.3. The molecule has 222 valence electrons. The lowest BCUT2D eigenvalue weighted by Crippen LogP contribution is -2.36. The number of aromatic nitrogens is 2. The Morgan fingerprint density at radius 3 is 2.21 bits per heavy atom. The molecule has 9 heteroatoms. The molecular formula is C34H35N3O6. The van der Waals surface area contributed by atoms with Gasteiger partial charge in [0.25, 0.3) is 5.56 Å². The maximum atomic E-state index is 13.7. The minimum atomic E-state index is -1.05. The number of ether oxygens (including phenoxy) is 2. The second-order valence-corrected chi connectivity index (χ2v) is 11.2. The lowest BCUT2D eigenvalue weighted by Gasteiger charge is -2.21. The highest BCUT2D eigenvalue weighted by atomic mass is 16.6. The van der Waals surface area contributed by atoms with Crippen LogP contribution in [-0.4, -0.2) is 40.2 Å². The van der Waals surface area contributed by atoms with Gasteiger partial charge in [-0.05, 0) is 70.0 Å². The molecule has 0 aliphatic heterocycles. The summed E-state index contributed by atoms with van der Waals surface area (Å²) in [4.78, 5) is 52.1. The third-order valence-corrected chi connectivity index (χ3v) is 6.62. The highest BCUT2D eigenvalue weighted by Gasteiger charge is 2.27. The lowest BCUT2D eigenvalue weighted by molar-refractivity contribution is -0.119. The lowest BCUT2D eigenvalue weighted by atomic mass is 9.96. The second kappa shape index (κ2) is 12.9. The molecule has 1 heterocycles. The van der Waals surface area contributed by atoms with Crippen LogP contribution in [0.5, 0.6) is 5.88 Å². The Kier molecular flexibility index (Phi) is 9.24. The van der Waals surface area contributed by atoms with E-state index in [4.69, 9.17) is 9.47 Å². The highest BCUT2D eigenvalue weighted by Crippen LogP contribution is 2.31. The number of carbonyl (C=O) groups is 3. The van der Waals surface area contributed by atoms with Crippen molar-refractivity contribution in [1.82, 2.24) is 9.78 Å². The van der Waals surface area contributed by atoms with Crippen molar-refractivity contribution in [2.24, 2.45) is 0 Å². The molecule has 9 nitrogen and oxygen atoms in total. The van der Waals surface area contributed by atoms with Gasteiger partial charge in [-0.3, -0.25) is 14.4 Å². The summed E-state index contributed by atoms with van der Waals surface area (Å²) in [6, 6.07) is 21.2. The van der Waals surface area contributed by atoms with Crippen molar-refractivity contribution in [3.63, 3.8) is 0 Å². The van der Waals surface area contributed by atoms with Crippen molar-refractivity contribution < 1.29 is 23.9 Å². The fourth-order valence-electron chi connectivity index (χ4n) is 4.59. The highest BCUT2D eigenvalue weighted by molar-refractivity contribution is 6.01. The standard InChI is InChI=1S/C34H35N3O6/c1-21-12-17-26(22(2)38)27(18-21)28-20-30(39)37(36-32(28)42-6)29(19-23-10-8-7-9-11-23)31(40)35-25-15-13-24(14-16-25)33(41)43-34(3,4)5/h7-18,20,29H,19H2,1-6H3,(H,35,40). The van der Waals surface area contributed by atoms with Crippen molar-refractivity contribution in [1.29, 1.82) is 0 Å². The number of amides is 1. The number of carbonyl (C=O) groups excluding carboxylic acids is 3. The summed E-state index contributed by atoms with van der Waals surface area (Å²) < 4.78 is 12.1. The first-order valence-electron chi connectivity index (χ1n) is 13.8. The molecule has 0 fully saturated rings. The Labute approximate surface area is 250 Å². The van der Waals surface area contributed by atoms with Crippen molar-refractivity contribution in [2.75, 3.05) is 12.4 Å². The predicted octanol–water partition coefficient (Wildman–Crippen LogP) is 5.81. The van der Waals surface area contributed by atoms with Crippen LogP contribution < -0.4 is 15.6 Å². The minimum absolute atomic E-state index is 0.0975. The molecule has 0 aliphatic rings. The van der Waals surface area contributed by atoms with Crippen LogP contribution in [0.1, 0.15) is 65.6 Å². The maximum absolute atomic E-state index is 13.7. The molecule has 1 amide bonds. The van der Waals surface area contributed by atoms with Crippen molar-refractivity contribution in [3.05, 3.63) is 111 Å². The van der Waals surface area contributed by atoms with Crippen LogP contribution in [0.3, 0.4) is 0 Å². The van der Waals surface area contributed by atoms with Crippen LogP contribution in [0.25, 0.3) is 11.1 Å². The van der Waals surface area contributed by atoms with Crippen molar-refractivity contribution in [3.8, 4) is 17.0 Å². The topological polar surface area (TPSA) is 117 Å². The van der Waals surface area contributed by atoms with Gasteiger partial charge >= 0.3 is 5.97 Å². The number of aryl methyl sites for hydroxylation is 1. The van der Waals surface area contributed by atoms with Gasteiger partial charge in [-0.25, -0.2) is 9.48 Å². The summed E-state index contributed by atoms with van der Waals surface area (Å²) in [6.07, 6.45) is 0.168. The van der Waals surface area contributed by atoms with Crippen LogP contribution in [0, 0.1) is 6.92 Å². The molecule has 0 spiro atoms. The van der Waals surface area contributed by atoms with E-state index >= 15 is 0 Å². The van der Waals surface area contributed by atoms with Gasteiger partial charge in [-0.1, -0.05) is 54.1 Å². The fourth-order valence-corrected chi connectivity index (χ4v) is 4.59. The maximum Gasteiger partial charge on any atom is 0.338 e. The average Bonchev–Trinajstić information content (AvgIpc) is 2.95. The normalized spacial score (nSPS) is 11.9. The molecule has 0 aliphatic carbocycles. The first-order chi connectivity index (χ1) is 20.4. The van der Waals surface area contributed by atoms with Crippen LogP contribution in [0.2, 0.25) is 0 Å². The number of methoxy groups -OCH3 is 1. The van der Waals surface area contributed by atoms with E-state index in [1.807, 2.05) is 43.3 Å². The zero-order valence-electron chi connectivity index (χ0n) is 25.1. The first-order valence-corrected chi connectivity index (χ1v) is 13.8. The molecule has 4 aromatic rings. The Balaban J connectivity index is 1.72. The summed E-state index contributed by atoms with van der Waals surface area (Å²) >= 11 is 0. The summed E-state index contributed by atoms with van der Waals surface area (Å²) in [6.45, 7) is 8.69. The number of hydrogen-bond donors (Lipinski definition) is 1. The molecular weight excluding hydrogens is 546 g/mol. The number of esters is 1. The van der Waals surface area contributed by atoms with E-state index in [1.165, 1.54) is 20.1 Å². The van der Waals surface area contributed by atoms with Crippen LogP contribution in [-0.2, 0) is 16.0 Å². The number of nitrogens with one attached hydrogen (secondary N) is 1. The molecule has 1 N–H and O–H groups in total. The van der Waals surface area contributed by atoms with Gasteiger partial charge in [-0.15, -0.1) is 5.10 Å². The van der Waals surface area contributed by atoms with Crippen LogP contribution in [0.4, 0.5) is 5.69 Å². The van der Waals surface area contributed by atoms with E-state index in [0.717, 1.165) is 15.8 Å². The molecule has 4 rings (SSSR count). The molecule has 0 saturated heterocycles. The summed E-state index contributed by atoms with van der Waals surface area (Å²) in [5, 5.41) is 7.32. The molecule has 43 heavy (non-hydrogen) atoms. The van der Waals surface area contributed by atoms with Gasteiger partial charge in [0.2, 0.25) is 11.8 Å². The quantitative estimate of drug-likeness (QED) is 0.196. The Hall–Kier alpha value is -5.05. The first kappa shape index (κ1) is 30.9. The zero-order valence-corrected chi connectivity index (χ0v) is 25.1. The third-order valence-electron chi connectivity index (χ3n) is 6.62. The van der Waals surface area contributed by atoms with Gasteiger partial charge in [0.05, 0.1) is 18.2 Å². The second-order valence-electron chi connectivity index (χ2n) is 11.2. The third kappa shape index (κ3) is 7.62. The average molecular weight is 582 g/mol. The molecule has 0 saturated carbocycles. The number of hydrogen-bond acceptors (Lipinski definition) is 7. The van der Waals surface area contributed by atoms with Crippen molar-refractivity contribution >= 4 is 23.3 Å². The SMILES string of the molecule is COc1nn(C(Cc2ccccc2)C(=O)Nc2ccc(C(=O)OC(C)(C)C)cc2)c(=O)cc1-c1cc(C)ccc1C(C)=O. The van der Waals surface area contributed by atoms with Crippen LogP contribution >= 0.6 is 0 Å². The van der Waals surface area contributed by atoms with Gasteiger partial charge < -0.3 is 14.8 Å². The van der Waals surface area contributed by atoms with Crippen LogP contribution in [0.15, 0.2) is 83.7 Å². The van der Waals surface area contributed by atoms with E-state index in [9.17, 15) is 19.2 Å². The molecule has 0 radical (unpaired) electrons. The smallest absolute Gasteiger partial charge is 0.338 e. The van der Waals surface area contributed by atoms with E-state index < -0.39 is 29.1 Å². The molecule has 0 bridgehead atoms. The predicted molar refractivity (Wildman–Crippen MR) is 165 cm³/mol. The van der Waals surface area contributed by atoms with E-state index in [2.05, 4.69) is 10.4 Å². The van der Waals surface area contributed by atoms with E-state index in [1.54, 1.807) is 57.2 Å². The van der Waals surface area contributed by atoms with Gasteiger partial charge in [0.1, 0.15) is 11.6 Å². The number of benzene rings is 3. The molecule has 1 aromatic heterocycles. The number of Topliss-reactive ketones (excluding diaryl/α,β-unsaturated/α-hetero) is 1. The monoisotopic (exact) mass is 581 g/mol. The summed E-state index contributed by atoms with van der Waals surface area (Å²) in [5.74, 6) is -1.03. The number of anilines is 1. The van der Waals surface area contributed by atoms with Gasteiger partial charge in [0, 0.05) is 23.7 Å².